The maximum atomic E-state index is 11.9. The van der Waals surface area contributed by atoms with Gasteiger partial charge in [-0.05, 0) is 18.2 Å². The largest absolute Gasteiger partial charge is 0.573 e. The number of nitrogens with two attached hydrogens (primary N) is 1. The smallest absolute Gasteiger partial charge is 0.406 e. The molecule has 2 aromatic rings. The molecule has 1 heterocycles. The molecular formula is C9H6F3N3O. The van der Waals surface area contributed by atoms with Crippen molar-refractivity contribution in [3.63, 3.8) is 0 Å². The molecule has 0 fully saturated rings. The van der Waals surface area contributed by atoms with Crippen LogP contribution in [0.15, 0.2) is 24.4 Å². The fourth-order valence-corrected chi connectivity index (χ4v) is 1.22. The molecule has 0 aliphatic heterocycles. The summed E-state index contributed by atoms with van der Waals surface area (Å²) in [5.74, 6) is -0.245. The summed E-state index contributed by atoms with van der Waals surface area (Å²) in [4.78, 5) is 7.52. The predicted octanol–water partition coefficient (Wildman–Crippen LogP) is 2.11. The molecule has 0 saturated carbocycles. The normalized spacial score (nSPS) is 11.7. The Morgan fingerprint density at radius 2 is 2.00 bits per heavy atom. The fourth-order valence-electron chi connectivity index (χ4n) is 1.22. The van der Waals surface area contributed by atoms with Crippen LogP contribution >= 0.6 is 0 Å². The van der Waals surface area contributed by atoms with Crippen LogP contribution < -0.4 is 10.5 Å². The lowest BCUT2D eigenvalue weighted by atomic mass is 10.2. The van der Waals surface area contributed by atoms with Crippen LogP contribution in [0.2, 0.25) is 0 Å². The van der Waals surface area contributed by atoms with Crippen LogP contribution in [0, 0.1) is 0 Å². The Morgan fingerprint density at radius 3 is 2.69 bits per heavy atom. The minimum absolute atomic E-state index is 0.0667. The fraction of sp³-hybridized carbons (Fsp3) is 0.111. The van der Waals surface area contributed by atoms with E-state index >= 15 is 0 Å². The van der Waals surface area contributed by atoms with Gasteiger partial charge in [-0.1, -0.05) is 0 Å². The summed E-state index contributed by atoms with van der Waals surface area (Å²) in [7, 11) is 0. The van der Waals surface area contributed by atoms with Crippen molar-refractivity contribution >= 4 is 16.9 Å². The highest BCUT2D eigenvalue weighted by atomic mass is 19.4. The Labute approximate surface area is 87.9 Å². The lowest BCUT2D eigenvalue weighted by Gasteiger charge is -2.08. The summed E-state index contributed by atoms with van der Waals surface area (Å²) in [6, 6.07) is 3.75. The molecule has 2 rings (SSSR count). The summed E-state index contributed by atoms with van der Waals surface area (Å²) >= 11 is 0. The van der Waals surface area contributed by atoms with E-state index in [1.807, 2.05) is 0 Å². The Hall–Kier alpha value is -2.05. The van der Waals surface area contributed by atoms with Crippen LogP contribution in [-0.4, -0.2) is 16.3 Å². The Morgan fingerprint density at radius 1 is 1.25 bits per heavy atom. The molecule has 0 atom stereocenters. The van der Waals surface area contributed by atoms with Crippen molar-refractivity contribution in [3.8, 4) is 5.75 Å². The van der Waals surface area contributed by atoms with E-state index in [4.69, 9.17) is 5.73 Å². The number of benzene rings is 1. The number of ether oxygens (including phenoxy) is 1. The Bertz CT molecular complexity index is 527. The molecule has 0 unspecified atom stereocenters. The number of aromatic nitrogens is 2. The highest BCUT2D eigenvalue weighted by molar-refractivity contribution is 5.80. The number of hydrogen-bond donors (Lipinski definition) is 1. The van der Waals surface area contributed by atoms with Crippen molar-refractivity contribution in [3.05, 3.63) is 24.4 Å². The van der Waals surface area contributed by atoms with Crippen LogP contribution in [-0.2, 0) is 0 Å². The van der Waals surface area contributed by atoms with Crippen LogP contribution in [0.5, 0.6) is 5.75 Å². The van der Waals surface area contributed by atoms with Gasteiger partial charge in [0.2, 0.25) is 5.95 Å². The number of nitrogen functional groups attached to an aromatic ring is 1. The van der Waals surface area contributed by atoms with Gasteiger partial charge in [0.05, 0.1) is 5.52 Å². The van der Waals surface area contributed by atoms with Crippen LogP contribution in [0.3, 0.4) is 0 Å². The van der Waals surface area contributed by atoms with Gasteiger partial charge in [-0.2, -0.15) is 0 Å². The highest BCUT2D eigenvalue weighted by Crippen LogP contribution is 2.25. The van der Waals surface area contributed by atoms with Crippen molar-refractivity contribution in [2.45, 2.75) is 6.36 Å². The van der Waals surface area contributed by atoms with E-state index in [-0.39, 0.29) is 11.7 Å². The quantitative estimate of drug-likeness (QED) is 0.813. The number of rotatable bonds is 1. The SMILES string of the molecule is Nc1ncc2cc(OC(F)(F)F)ccc2n1. The molecule has 84 valence electrons. The molecule has 0 spiro atoms. The van der Waals surface area contributed by atoms with Crippen molar-refractivity contribution in [2.75, 3.05) is 5.73 Å². The molecule has 4 nitrogen and oxygen atoms in total. The molecule has 1 aromatic heterocycles. The molecule has 2 N–H and O–H groups in total. The molecule has 0 bridgehead atoms. The van der Waals surface area contributed by atoms with Crippen molar-refractivity contribution < 1.29 is 17.9 Å². The Balaban J connectivity index is 2.41. The standard InChI is InChI=1S/C9H6F3N3O/c10-9(11,12)16-6-1-2-7-5(3-6)4-14-8(13)15-7/h1-4H,(H2,13,14,15). The molecular weight excluding hydrogens is 223 g/mol. The number of nitrogens with zero attached hydrogens (tertiary/aromatic N) is 2. The van der Waals surface area contributed by atoms with E-state index in [1.165, 1.54) is 24.4 Å². The second-order valence-corrected chi connectivity index (χ2v) is 3.00. The first-order valence-corrected chi connectivity index (χ1v) is 4.22. The number of anilines is 1. The maximum Gasteiger partial charge on any atom is 0.573 e. The van der Waals surface area contributed by atoms with Gasteiger partial charge in [0, 0.05) is 11.6 Å². The van der Waals surface area contributed by atoms with Crippen LogP contribution in [0.25, 0.3) is 10.9 Å². The van der Waals surface area contributed by atoms with E-state index in [1.54, 1.807) is 0 Å². The van der Waals surface area contributed by atoms with Gasteiger partial charge < -0.3 is 10.5 Å². The van der Waals surface area contributed by atoms with E-state index in [0.717, 1.165) is 0 Å². The molecule has 1 aromatic carbocycles. The van der Waals surface area contributed by atoms with Gasteiger partial charge in [0.25, 0.3) is 0 Å². The third kappa shape index (κ3) is 2.30. The minimum Gasteiger partial charge on any atom is -0.406 e. The third-order valence-electron chi connectivity index (χ3n) is 1.80. The number of halogens is 3. The molecule has 0 radical (unpaired) electrons. The second kappa shape index (κ2) is 3.51. The predicted molar refractivity (Wildman–Crippen MR) is 50.6 cm³/mol. The first-order chi connectivity index (χ1) is 7.44. The van der Waals surface area contributed by atoms with Crippen molar-refractivity contribution in [1.29, 1.82) is 0 Å². The molecule has 0 amide bonds. The van der Waals surface area contributed by atoms with Gasteiger partial charge in [-0.15, -0.1) is 13.2 Å². The first-order valence-electron chi connectivity index (χ1n) is 4.22. The summed E-state index contributed by atoms with van der Waals surface area (Å²) in [6.07, 6.45) is -3.37. The van der Waals surface area contributed by atoms with Gasteiger partial charge in [0.15, 0.2) is 0 Å². The van der Waals surface area contributed by atoms with Gasteiger partial charge in [0.1, 0.15) is 5.75 Å². The van der Waals surface area contributed by atoms with Crippen molar-refractivity contribution in [2.24, 2.45) is 0 Å². The topological polar surface area (TPSA) is 61.0 Å². The average Bonchev–Trinajstić information content (AvgIpc) is 2.16. The third-order valence-corrected chi connectivity index (χ3v) is 1.80. The maximum absolute atomic E-state index is 11.9. The average molecular weight is 229 g/mol. The highest BCUT2D eigenvalue weighted by Gasteiger charge is 2.31. The molecule has 0 aliphatic carbocycles. The second-order valence-electron chi connectivity index (χ2n) is 3.00. The molecule has 0 saturated heterocycles. The monoisotopic (exact) mass is 229 g/mol. The minimum atomic E-state index is -4.71. The Kier molecular flexibility index (Phi) is 2.30. The molecule has 0 aliphatic rings. The van der Waals surface area contributed by atoms with Crippen LogP contribution in [0.4, 0.5) is 19.1 Å². The van der Waals surface area contributed by atoms with E-state index < -0.39 is 6.36 Å². The summed E-state index contributed by atoms with van der Waals surface area (Å²) < 4.78 is 39.5. The van der Waals surface area contributed by atoms with Crippen molar-refractivity contribution in [1.82, 2.24) is 9.97 Å². The number of alkyl halides is 3. The van der Waals surface area contributed by atoms with E-state index in [0.29, 0.717) is 10.9 Å². The summed E-state index contributed by atoms with van der Waals surface area (Å²) in [5.41, 5.74) is 5.79. The number of fused-ring (bicyclic) bond motifs is 1. The molecule has 7 heteroatoms. The van der Waals surface area contributed by atoms with Gasteiger partial charge >= 0.3 is 6.36 Å². The zero-order valence-electron chi connectivity index (χ0n) is 7.82. The van der Waals surface area contributed by atoms with E-state index in [9.17, 15) is 13.2 Å². The summed E-state index contributed by atoms with van der Waals surface area (Å²) in [5, 5.41) is 0.427. The summed E-state index contributed by atoms with van der Waals surface area (Å²) in [6.45, 7) is 0. The first kappa shape index (κ1) is 10.5. The lowest BCUT2D eigenvalue weighted by molar-refractivity contribution is -0.274. The number of hydrogen-bond acceptors (Lipinski definition) is 4. The lowest BCUT2D eigenvalue weighted by Crippen LogP contribution is -2.17. The van der Waals surface area contributed by atoms with Crippen LogP contribution in [0.1, 0.15) is 0 Å². The molecule has 16 heavy (non-hydrogen) atoms. The zero-order valence-corrected chi connectivity index (χ0v) is 7.82. The van der Waals surface area contributed by atoms with E-state index in [2.05, 4.69) is 14.7 Å². The zero-order chi connectivity index (χ0) is 11.8. The van der Waals surface area contributed by atoms with Gasteiger partial charge in [-0.3, -0.25) is 0 Å². The van der Waals surface area contributed by atoms with Gasteiger partial charge in [-0.25, -0.2) is 9.97 Å².